The Labute approximate surface area is 114 Å². The lowest BCUT2D eigenvalue weighted by Crippen LogP contribution is -2.37. The third-order valence-electron chi connectivity index (χ3n) is 3.96. The molecular weight excluding hydrogens is 240 g/mol. The predicted molar refractivity (Wildman–Crippen MR) is 75.8 cm³/mol. The Bertz CT molecular complexity index is 471. The zero-order valence-electron chi connectivity index (χ0n) is 12.1. The number of methoxy groups -OCH3 is 1. The molecule has 4 nitrogen and oxygen atoms in total. The van der Waals surface area contributed by atoms with Crippen LogP contribution in [0.25, 0.3) is 0 Å². The Kier molecular flexibility index (Phi) is 4.10. The van der Waals surface area contributed by atoms with Gasteiger partial charge in [0.25, 0.3) is 5.91 Å². The third kappa shape index (κ3) is 2.89. The van der Waals surface area contributed by atoms with Crippen molar-refractivity contribution in [2.24, 2.45) is 0 Å². The highest BCUT2D eigenvalue weighted by Gasteiger charge is 2.27. The normalized spacial score (nSPS) is 19.8. The maximum Gasteiger partial charge on any atom is 0.251 e. The maximum absolute atomic E-state index is 11.9. The highest BCUT2D eigenvalue weighted by molar-refractivity contribution is 5.97. The summed E-state index contributed by atoms with van der Waals surface area (Å²) >= 11 is 0. The van der Waals surface area contributed by atoms with Crippen molar-refractivity contribution in [1.82, 2.24) is 10.2 Å². The summed E-state index contributed by atoms with van der Waals surface area (Å²) in [5, 5.41) is 2.97. The van der Waals surface area contributed by atoms with Gasteiger partial charge in [-0.1, -0.05) is 0 Å². The first-order valence-corrected chi connectivity index (χ1v) is 6.65. The fourth-order valence-electron chi connectivity index (χ4n) is 2.47. The molecule has 1 aliphatic rings. The largest absolute Gasteiger partial charge is 0.497 e. The topological polar surface area (TPSA) is 41.6 Å². The minimum Gasteiger partial charge on any atom is -0.497 e. The lowest BCUT2D eigenvalue weighted by molar-refractivity contribution is 0.0936. The van der Waals surface area contributed by atoms with Crippen molar-refractivity contribution in [2.75, 3.05) is 27.7 Å². The minimum absolute atomic E-state index is 0.0198. The van der Waals surface area contributed by atoms with Gasteiger partial charge >= 0.3 is 0 Å². The molecule has 1 amide bonds. The zero-order chi connectivity index (χ0) is 14.0. The average Bonchev–Trinajstić information content (AvgIpc) is 2.41. The number of fused-ring (bicyclic) bond motifs is 1. The lowest BCUT2D eigenvalue weighted by atomic mass is 9.86. The Morgan fingerprint density at radius 3 is 2.84 bits per heavy atom. The Balaban J connectivity index is 2.29. The van der Waals surface area contributed by atoms with E-state index in [1.807, 2.05) is 18.2 Å². The van der Waals surface area contributed by atoms with Gasteiger partial charge in [0.2, 0.25) is 0 Å². The van der Waals surface area contributed by atoms with E-state index in [4.69, 9.17) is 4.74 Å². The third-order valence-corrected chi connectivity index (χ3v) is 3.96. The van der Waals surface area contributed by atoms with Crippen molar-refractivity contribution < 1.29 is 9.53 Å². The van der Waals surface area contributed by atoms with Gasteiger partial charge < -0.3 is 15.0 Å². The summed E-state index contributed by atoms with van der Waals surface area (Å²) in [6.07, 6.45) is 1.02. The fourth-order valence-corrected chi connectivity index (χ4v) is 2.47. The minimum atomic E-state index is 0.0198. The van der Waals surface area contributed by atoms with Gasteiger partial charge in [-0.25, -0.2) is 0 Å². The number of benzene rings is 1. The summed E-state index contributed by atoms with van der Waals surface area (Å²) in [4.78, 5) is 14.1. The molecule has 2 unspecified atom stereocenters. The monoisotopic (exact) mass is 262 g/mol. The molecule has 4 heteroatoms. The molecule has 1 heterocycles. The summed E-state index contributed by atoms with van der Waals surface area (Å²) in [6.45, 7) is 2.91. The number of carbonyl (C=O) groups is 1. The number of hydrogen-bond donors (Lipinski definition) is 1. The molecule has 1 N–H and O–H groups in total. The number of ether oxygens (including phenoxy) is 1. The fraction of sp³-hybridized carbons (Fsp3) is 0.533. The van der Waals surface area contributed by atoms with Gasteiger partial charge in [0, 0.05) is 24.1 Å². The van der Waals surface area contributed by atoms with Crippen molar-refractivity contribution in [1.29, 1.82) is 0 Å². The molecule has 1 aliphatic heterocycles. The molecule has 0 radical (unpaired) electrons. The number of amides is 1. The molecule has 0 spiro atoms. The molecule has 19 heavy (non-hydrogen) atoms. The van der Waals surface area contributed by atoms with Gasteiger partial charge in [-0.3, -0.25) is 4.79 Å². The van der Waals surface area contributed by atoms with E-state index in [1.54, 1.807) is 7.11 Å². The molecular formula is C15H22N2O2. The second-order valence-corrected chi connectivity index (χ2v) is 5.41. The van der Waals surface area contributed by atoms with Crippen LogP contribution >= 0.6 is 0 Å². The first-order chi connectivity index (χ1) is 9.02. The maximum atomic E-state index is 11.9. The van der Waals surface area contributed by atoms with E-state index in [-0.39, 0.29) is 5.91 Å². The average molecular weight is 262 g/mol. The molecule has 0 aromatic heterocycles. The van der Waals surface area contributed by atoms with Crippen molar-refractivity contribution in [3.63, 3.8) is 0 Å². The lowest BCUT2D eigenvalue weighted by Gasteiger charge is -2.30. The van der Waals surface area contributed by atoms with Crippen molar-refractivity contribution in [2.45, 2.75) is 25.3 Å². The van der Waals surface area contributed by atoms with Crippen LogP contribution in [-0.4, -0.2) is 44.6 Å². The molecule has 2 atom stereocenters. The predicted octanol–water partition coefficient (Wildman–Crippen LogP) is 1.86. The van der Waals surface area contributed by atoms with Gasteiger partial charge in [0.15, 0.2) is 0 Å². The highest BCUT2D eigenvalue weighted by Crippen LogP contribution is 2.31. The van der Waals surface area contributed by atoms with Crippen LogP contribution in [0.2, 0.25) is 0 Å². The van der Waals surface area contributed by atoms with E-state index < -0.39 is 0 Å². The van der Waals surface area contributed by atoms with E-state index in [1.165, 1.54) is 0 Å². The second kappa shape index (κ2) is 5.61. The number of carbonyl (C=O) groups excluding carboxylic acids is 1. The van der Waals surface area contributed by atoms with Gasteiger partial charge in [0.05, 0.1) is 7.11 Å². The smallest absolute Gasteiger partial charge is 0.251 e. The summed E-state index contributed by atoms with van der Waals surface area (Å²) in [7, 11) is 5.82. The number of rotatable bonds is 4. The van der Waals surface area contributed by atoms with Crippen LogP contribution in [0.1, 0.15) is 35.2 Å². The number of nitrogens with zero attached hydrogens (tertiary/aromatic N) is 1. The Hall–Kier alpha value is -1.55. The second-order valence-electron chi connectivity index (χ2n) is 5.41. The van der Waals surface area contributed by atoms with Gasteiger partial charge in [-0.15, -0.1) is 0 Å². The van der Waals surface area contributed by atoms with Crippen LogP contribution in [0.15, 0.2) is 18.2 Å². The van der Waals surface area contributed by atoms with E-state index in [2.05, 4.69) is 31.2 Å². The van der Waals surface area contributed by atoms with Gasteiger partial charge in [-0.2, -0.15) is 0 Å². The highest BCUT2D eigenvalue weighted by atomic mass is 16.5. The van der Waals surface area contributed by atoms with E-state index in [0.29, 0.717) is 18.5 Å². The standard InChI is InChI=1S/C15H22N2O2/c1-10(17(2)3)7-11-9-16-15(18)13-6-5-12(19-4)8-14(11)13/h5-6,8,10-11H,7,9H2,1-4H3,(H,16,18). The summed E-state index contributed by atoms with van der Waals surface area (Å²) in [5.74, 6) is 1.18. The molecule has 1 aromatic rings. The number of hydrogen-bond acceptors (Lipinski definition) is 3. The van der Waals surface area contributed by atoms with E-state index in [9.17, 15) is 4.79 Å². The van der Waals surface area contributed by atoms with Crippen molar-refractivity contribution in [3.05, 3.63) is 29.3 Å². The molecule has 0 bridgehead atoms. The quantitative estimate of drug-likeness (QED) is 0.900. The SMILES string of the molecule is COc1ccc2c(c1)C(CC(C)N(C)C)CNC2=O. The van der Waals surface area contributed by atoms with E-state index in [0.717, 1.165) is 23.3 Å². The molecule has 0 saturated carbocycles. The van der Waals surface area contributed by atoms with Crippen molar-refractivity contribution in [3.8, 4) is 5.75 Å². The first-order valence-electron chi connectivity index (χ1n) is 6.65. The molecule has 0 aliphatic carbocycles. The molecule has 0 fully saturated rings. The van der Waals surface area contributed by atoms with Crippen LogP contribution in [0.5, 0.6) is 5.75 Å². The molecule has 1 aromatic carbocycles. The van der Waals surface area contributed by atoms with Crippen molar-refractivity contribution >= 4 is 5.91 Å². The zero-order valence-corrected chi connectivity index (χ0v) is 12.1. The molecule has 2 rings (SSSR count). The Morgan fingerprint density at radius 1 is 1.47 bits per heavy atom. The van der Waals surface area contributed by atoms with Crippen LogP contribution in [-0.2, 0) is 0 Å². The number of nitrogens with one attached hydrogen (secondary N) is 1. The van der Waals surface area contributed by atoms with Crippen LogP contribution in [0, 0.1) is 0 Å². The van der Waals surface area contributed by atoms with Gasteiger partial charge in [0.1, 0.15) is 5.75 Å². The molecule has 0 saturated heterocycles. The van der Waals surface area contributed by atoms with E-state index >= 15 is 0 Å². The summed E-state index contributed by atoms with van der Waals surface area (Å²) < 4.78 is 5.27. The molecule has 104 valence electrons. The van der Waals surface area contributed by atoms with Crippen LogP contribution < -0.4 is 10.1 Å². The van der Waals surface area contributed by atoms with Gasteiger partial charge in [-0.05, 0) is 51.2 Å². The summed E-state index contributed by atoms with van der Waals surface area (Å²) in [5.41, 5.74) is 1.89. The van der Waals surface area contributed by atoms with Crippen LogP contribution in [0.3, 0.4) is 0 Å². The summed E-state index contributed by atoms with van der Waals surface area (Å²) in [6, 6.07) is 6.17. The van der Waals surface area contributed by atoms with Crippen LogP contribution in [0.4, 0.5) is 0 Å². The Morgan fingerprint density at radius 2 is 2.21 bits per heavy atom. The first kappa shape index (κ1) is 13.9.